The first-order chi connectivity index (χ1) is 7.69. The first-order valence-corrected chi connectivity index (χ1v) is 5.00. The topological polar surface area (TPSA) is 49.8 Å². The number of halogens is 1. The third kappa shape index (κ3) is 2.30. The van der Waals surface area contributed by atoms with Crippen molar-refractivity contribution in [2.24, 2.45) is 0 Å². The van der Waals surface area contributed by atoms with Crippen LogP contribution in [-0.2, 0) is 11.3 Å². The Hall–Kier alpha value is -1.62. The maximum Gasteiger partial charge on any atom is 0.410 e. The van der Waals surface area contributed by atoms with Gasteiger partial charge < -0.3 is 14.7 Å². The molecule has 0 bridgehead atoms. The maximum absolute atomic E-state index is 12.7. The molecule has 0 aromatic heterocycles. The number of hydrogen-bond donors (Lipinski definition) is 1. The summed E-state index contributed by atoms with van der Waals surface area (Å²) in [6.45, 7) is 0.563. The second-order valence-electron chi connectivity index (χ2n) is 3.70. The normalized spacial score (nSPS) is 20.0. The number of amides is 1. The van der Waals surface area contributed by atoms with E-state index >= 15 is 0 Å². The number of carbonyl (C=O) groups excluding carboxylic acids is 1. The molecule has 1 saturated heterocycles. The number of rotatable bonds is 3. The fourth-order valence-corrected chi connectivity index (χ4v) is 1.61. The highest BCUT2D eigenvalue weighted by molar-refractivity contribution is 5.69. The van der Waals surface area contributed by atoms with Crippen LogP contribution in [0.1, 0.15) is 5.56 Å². The molecule has 5 heteroatoms. The summed E-state index contributed by atoms with van der Waals surface area (Å²) in [7, 11) is 0. The molecule has 1 fully saturated rings. The lowest BCUT2D eigenvalue weighted by Gasteiger charge is -2.12. The summed E-state index contributed by atoms with van der Waals surface area (Å²) in [6.07, 6.45) is -0.892. The highest BCUT2D eigenvalue weighted by atomic mass is 19.1. The second kappa shape index (κ2) is 4.49. The predicted octanol–water partition coefficient (Wildman–Crippen LogP) is 1.14. The first kappa shape index (κ1) is 10.9. The zero-order valence-electron chi connectivity index (χ0n) is 8.60. The van der Waals surface area contributed by atoms with E-state index in [0.29, 0.717) is 13.1 Å². The Morgan fingerprint density at radius 3 is 2.69 bits per heavy atom. The number of aliphatic hydroxyl groups excluding tert-OH is 1. The minimum absolute atomic E-state index is 0.175. The van der Waals surface area contributed by atoms with Crippen molar-refractivity contribution in [3.63, 3.8) is 0 Å². The van der Waals surface area contributed by atoms with Gasteiger partial charge in [-0.3, -0.25) is 0 Å². The van der Waals surface area contributed by atoms with Crippen molar-refractivity contribution in [1.82, 2.24) is 4.90 Å². The Bertz CT molecular complexity index is 379. The van der Waals surface area contributed by atoms with Gasteiger partial charge in [0.25, 0.3) is 0 Å². The van der Waals surface area contributed by atoms with Gasteiger partial charge in [0.1, 0.15) is 11.9 Å². The molecule has 1 amide bonds. The fourth-order valence-electron chi connectivity index (χ4n) is 1.61. The maximum atomic E-state index is 12.7. The quantitative estimate of drug-likeness (QED) is 0.839. The molecule has 1 aromatic carbocycles. The SMILES string of the molecule is O=C1O[C@@H](CO)CN1Cc1ccc(F)cc1. The number of carbonyl (C=O) groups is 1. The van der Waals surface area contributed by atoms with Crippen LogP contribution in [0.25, 0.3) is 0 Å². The molecule has 0 radical (unpaired) electrons. The van der Waals surface area contributed by atoms with E-state index in [1.807, 2.05) is 0 Å². The van der Waals surface area contributed by atoms with E-state index in [4.69, 9.17) is 9.84 Å². The van der Waals surface area contributed by atoms with Gasteiger partial charge in [0.15, 0.2) is 0 Å². The Morgan fingerprint density at radius 1 is 1.44 bits per heavy atom. The molecule has 1 atom stereocenters. The summed E-state index contributed by atoms with van der Waals surface area (Å²) in [4.78, 5) is 12.8. The lowest BCUT2D eigenvalue weighted by molar-refractivity contribution is 0.0947. The number of benzene rings is 1. The van der Waals surface area contributed by atoms with Crippen molar-refractivity contribution in [2.45, 2.75) is 12.6 Å². The van der Waals surface area contributed by atoms with Gasteiger partial charge in [0, 0.05) is 6.54 Å². The van der Waals surface area contributed by atoms with Crippen LogP contribution in [0.5, 0.6) is 0 Å². The van der Waals surface area contributed by atoms with Crippen molar-refractivity contribution in [1.29, 1.82) is 0 Å². The molecule has 16 heavy (non-hydrogen) atoms. The van der Waals surface area contributed by atoms with E-state index in [2.05, 4.69) is 0 Å². The Kier molecular flexibility index (Phi) is 3.05. The summed E-state index contributed by atoms with van der Waals surface area (Å²) in [5.74, 6) is -0.305. The van der Waals surface area contributed by atoms with Gasteiger partial charge in [-0.1, -0.05) is 12.1 Å². The van der Waals surface area contributed by atoms with Crippen molar-refractivity contribution >= 4 is 6.09 Å². The smallest absolute Gasteiger partial charge is 0.410 e. The minimum Gasteiger partial charge on any atom is -0.442 e. The predicted molar refractivity (Wildman–Crippen MR) is 54.2 cm³/mol. The standard InChI is InChI=1S/C11H12FNO3/c12-9-3-1-8(2-4-9)5-13-6-10(7-14)16-11(13)15/h1-4,10,14H,5-7H2/t10-/m1/s1. The van der Waals surface area contributed by atoms with Crippen LogP contribution in [-0.4, -0.2) is 35.4 Å². The second-order valence-corrected chi connectivity index (χ2v) is 3.70. The number of nitrogens with zero attached hydrogens (tertiary/aromatic N) is 1. The molecule has 1 aliphatic heterocycles. The van der Waals surface area contributed by atoms with Crippen molar-refractivity contribution in [3.05, 3.63) is 35.6 Å². The molecule has 0 unspecified atom stereocenters. The zero-order valence-corrected chi connectivity index (χ0v) is 8.60. The molecular weight excluding hydrogens is 213 g/mol. The molecule has 86 valence electrons. The molecule has 0 aliphatic carbocycles. The lowest BCUT2D eigenvalue weighted by Crippen LogP contribution is -2.25. The Labute approximate surface area is 92.2 Å². The molecule has 1 N–H and O–H groups in total. The molecule has 0 spiro atoms. The average molecular weight is 225 g/mol. The van der Waals surface area contributed by atoms with Gasteiger partial charge in [-0.15, -0.1) is 0 Å². The summed E-state index contributed by atoms with van der Waals surface area (Å²) in [5, 5.41) is 8.85. The van der Waals surface area contributed by atoms with Crippen molar-refractivity contribution in [3.8, 4) is 0 Å². The molecule has 4 nitrogen and oxygen atoms in total. The molecule has 0 saturated carbocycles. The summed E-state index contributed by atoms with van der Waals surface area (Å²) in [6, 6.07) is 5.93. The Morgan fingerprint density at radius 2 is 2.12 bits per heavy atom. The molecule has 2 rings (SSSR count). The lowest BCUT2D eigenvalue weighted by atomic mass is 10.2. The highest BCUT2D eigenvalue weighted by Gasteiger charge is 2.30. The van der Waals surface area contributed by atoms with Gasteiger partial charge in [0.2, 0.25) is 0 Å². The number of cyclic esters (lactones) is 1. The van der Waals surface area contributed by atoms with E-state index in [0.717, 1.165) is 5.56 Å². The minimum atomic E-state index is -0.451. The third-order valence-electron chi connectivity index (χ3n) is 2.44. The largest absolute Gasteiger partial charge is 0.442 e. The van der Waals surface area contributed by atoms with E-state index in [-0.39, 0.29) is 12.4 Å². The third-order valence-corrected chi connectivity index (χ3v) is 2.44. The fraction of sp³-hybridized carbons (Fsp3) is 0.364. The summed E-state index contributed by atoms with van der Waals surface area (Å²) >= 11 is 0. The molecule has 1 aromatic rings. The first-order valence-electron chi connectivity index (χ1n) is 5.00. The van der Waals surface area contributed by atoms with Crippen LogP contribution in [0.3, 0.4) is 0 Å². The number of ether oxygens (including phenoxy) is 1. The van der Waals surface area contributed by atoms with Crippen molar-refractivity contribution < 1.29 is 19.0 Å². The molecule has 1 heterocycles. The van der Waals surface area contributed by atoms with Gasteiger partial charge >= 0.3 is 6.09 Å². The van der Waals surface area contributed by atoms with Crippen LogP contribution in [0.2, 0.25) is 0 Å². The Balaban J connectivity index is 2.00. The van der Waals surface area contributed by atoms with Gasteiger partial charge in [-0.05, 0) is 17.7 Å². The van der Waals surface area contributed by atoms with E-state index in [1.54, 1.807) is 12.1 Å². The number of aliphatic hydroxyl groups is 1. The van der Waals surface area contributed by atoms with Crippen LogP contribution in [0, 0.1) is 5.82 Å². The molecule has 1 aliphatic rings. The monoisotopic (exact) mass is 225 g/mol. The van der Waals surface area contributed by atoms with Crippen LogP contribution < -0.4 is 0 Å². The van der Waals surface area contributed by atoms with E-state index < -0.39 is 12.2 Å². The van der Waals surface area contributed by atoms with Gasteiger partial charge in [0.05, 0.1) is 13.2 Å². The average Bonchev–Trinajstić information content (AvgIpc) is 2.63. The van der Waals surface area contributed by atoms with Crippen molar-refractivity contribution in [2.75, 3.05) is 13.2 Å². The summed E-state index contributed by atoms with van der Waals surface area (Å²) < 4.78 is 17.5. The van der Waals surface area contributed by atoms with Crippen LogP contribution in [0.15, 0.2) is 24.3 Å². The van der Waals surface area contributed by atoms with Gasteiger partial charge in [-0.2, -0.15) is 0 Å². The van der Waals surface area contributed by atoms with E-state index in [9.17, 15) is 9.18 Å². The number of hydrogen-bond acceptors (Lipinski definition) is 3. The zero-order chi connectivity index (χ0) is 11.5. The van der Waals surface area contributed by atoms with Crippen LogP contribution >= 0.6 is 0 Å². The van der Waals surface area contributed by atoms with Crippen LogP contribution in [0.4, 0.5) is 9.18 Å². The van der Waals surface area contributed by atoms with Gasteiger partial charge in [-0.25, -0.2) is 9.18 Å². The highest BCUT2D eigenvalue weighted by Crippen LogP contribution is 2.15. The summed E-state index contributed by atoms with van der Waals surface area (Å²) in [5.41, 5.74) is 0.830. The van der Waals surface area contributed by atoms with E-state index in [1.165, 1.54) is 17.0 Å². The molecular formula is C11H12FNO3.